The summed E-state index contributed by atoms with van der Waals surface area (Å²) >= 11 is 0. The van der Waals surface area contributed by atoms with E-state index in [1.54, 1.807) is 17.3 Å². The van der Waals surface area contributed by atoms with Crippen molar-refractivity contribution in [1.82, 2.24) is 19.9 Å². The molecule has 10 heteroatoms. The van der Waals surface area contributed by atoms with Gasteiger partial charge in [-0.05, 0) is 82.7 Å². The molecule has 0 radical (unpaired) electrons. The Bertz CT molecular complexity index is 1740. The third kappa shape index (κ3) is 7.00. The lowest BCUT2D eigenvalue weighted by atomic mass is 10.0. The van der Waals surface area contributed by atoms with E-state index in [0.29, 0.717) is 47.8 Å². The molecule has 234 valence electrons. The van der Waals surface area contributed by atoms with Gasteiger partial charge >= 0.3 is 6.09 Å². The van der Waals surface area contributed by atoms with E-state index >= 15 is 0 Å². The molecule has 2 N–H and O–H groups in total. The zero-order valence-electron chi connectivity index (χ0n) is 26.5. The van der Waals surface area contributed by atoms with Crippen molar-refractivity contribution in [2.45, 2.75) is 65.5 Å². The van der Waals surface area contributed by atoms with E-state index in [1.807, 2.05) is 76.2 Å². The highest BCUT2D eigenvalue weighted by atomic mass is 16.6. The molecule has 6 rings (SSSR count). The van der Waals surface area contributed by atoms with Crippen molar-refractivity contribution in [2.24, 2.45) is 11.8 Å². The third-order valence-electron chi connectivity index (χ3n) is 8.22. The maximum atomic E-state index is 12.7. The van der Waals surface area contributed by atoms with E-state index in [9.17, 15) is 9.59 Å². The minimum absolute atomic E-state index is 0.0118. The standard InChI is InChI=1S/C35H40N6O4/c1-21-13-14-24-25(10-6-12-28(24)39-31(42)27-19-22(27)2)30(21)44-32-26(11-7-16-36-32)29-15-17-37-33(40-29)38-23-9-8-18-41(20-23)34(43)45-35(3,4)5/h6-7,10-17,22-23,27H,8-9,18-20H2,1-5H3,(H,39,42)(H,37,38,40)/t22-,23?,27+/m1/s1. The summed E-state index contributed by atoms with van der Waals surface area (Å²) in [5.41, 5.74) is 2.53. The highest BCUT2D eigenvalue weighted by molar-refractivity contribution is 6.05. The van der Waals surface area contributed by atoms with Crippen molar-refractivity contribution in [2.75, 3.05) is 23.7 Å². The third-order valence-corrected chi connectivity index (χ3v) is 8.22. The van der Waals surface area contributed by atoms with E-state index in [4.69, 9.17) is 14.5 Å². The Morgan fingerprint density at radius 1 is 1.00 bits per heavy atom. The van der Waals surface area contributed by atoms with Crippen LogP contribution >= 0.6 is 0 Å². The van der Waals surface area contributed by atoms with Crippen molar-refractivity contribution in [3.8, 4) is 22.9 Å². The molecule has 1 saturated heterocycles. The Balaban J connectivity index is 1.23. The van der Waals surface area contributed by atoms with Gasteiger partial charge in [0.1, 0.15) is 11.4 Å². The molecule has 0 spiro atoms. The number of fused-ring (bicyclic) bond motifs is 1. The van der Waals surface area contributed by atoms with Crippen LogP contribution in [0.2, 0.25) is 0 Å². The number of rotatable bonds is 7. The number of hydrogen-bond donors (Lipinski definition) is 2. The Labute approximate surface area is 263 Å². The predicted molar refractivity (Wildman–Crippen MR) is 174 cm³/mol. The molecule has 1 saturated carbocycles. The molecule has 2 aromatic heterocycles. The number of piperidine rings is 1. The van der Waals surface area contributed by atoms with Gasteiger partial charge in [0.25, 0.3) is 0 Å². The maximum absolute atomic E-state index is 12.7. The van der Waals surface area contributed by atoms with Crippen LogP contribution in [0.3, 0.4) is 0 Å². The Hall–Kier alpha value is -4.73. The number of nitrogens with one attached hydrogen (secondary N) is 2. The normalized spacial score (nSPS) is 19.6. The molecular weight excluding hydrogens is 568 g/mol. The van der Waals surface area contributed by atoms with Crippen molar-refractivity contribution in [3.63, 3.8) is 0 Å². The van der Waals surface area contributed by atoms with Crippen LogP contribution < -0.4 is 15.4 Å². The summed E-state index contributed by atoms with van der Waals surface area (Å²) in [5, 5.41) is 8.31. The number of pyridine rings is 1. The molecule has 2 fully saturated rings. The number of anilines is 2. The van der Waals surface area contributed by atoms with Gasteiger partial charge in [-0.3, -0.25) is 4.79 Å². The highest BCUT2D eigenvalue weighted by Crippen LogP contribution is 2.41. The number of nitrogens with zero attached hydrogens (tertiary/aromatic N) is 4. The molecule has 45 heavy (non-hydrogen) atoms. The largest absolute Gasteiger partial charge is 0.444 e. The number of carbonyl (C=O) groups is 2. The zero-order valence-corrected chi connectivity index (χ0v) is 26.5. The topological polar surface area (TPSA) is 119 Å². The second-order valence-electron chi connectivity index (χ2n) is 13.1. The average molecular weight is 609 g/mol. The second kappa shape index (κ2) is 12.3. The molecule has 2 aromatic carbocycles. The van der Waals surface area contributed by atoms with Gasteiger partial charge in [0.15, 0.2) is 0 Å². The molecule has 3 atom stereocenters. The number of carbonyl (C=O) groups excluding carboxylic acids is 2. The molecule has 1 aliphatic heterocycles. The summed E-state index contributed by atoms with van der Waals surface area (Å²) in [6.07, 6.45) is 5.75. The lowest BCUT2D eigenvalue weighted by molar-refractivity contribution is -0.117. The maximum Gasteiger partial charge on any atom is 0.410 e. The summed E-state index contributed by atoms with van der Waals surface area (Å²) in [6, 6.07) is 15.4. The SMILES string of the molecule is Cc1ccc2c(NC(=O)[C@H]3C[C@H]3C)cccc2c1Oc1ncccc1-c1ccnc(NC2CCCN(C(=O)OC(C)(C)C)C2)n1. The second-order valence-corrected chi connectivity index (χ2v) is 13.1. The predicted octanol–water partition coefficient (Wildman–Crippen LogP) is 7.20. The Morgan fingerprint density at radius 2 is 1.82 bits per heavy atom. The minimum atomic E-state index is -0.546. The first kappa shape index (κ1) is 30.3. The van der Waals surface area contributed by atoms with E-state index in [2.05, 4.69) is 27.5 Å². The molecular formula is C35H40N6O4. The van der Waals surface area contributed by atoms with E-state index < -0.39 is 5.60 Å². The molecule has 3 heterocycles. The van der Waals surface area contributed by atoms with Gasteiger partial charge < -0.3 is 25.0 Å². The van der Waals surface area contributed by atoms with Crippen LogP contribution in [0, 0.1) is 18.8 Å². The molecule has 2 aliphatic rings. The first-order chi connectivity index (χ1) is 21.6. The van der Waals surface area contributed by atoms with Gasteiger partial charge in [-0.1, -0.05) is 31.2 Å². The molecule has 2 amide bonds. The summed E-state index contributed by atoms with van der Waals surface area (Å²) in [6.45, 7) is 10.9. The molecule has 1 unspecified atom stereocenters. The van der Waals surface area contributed by atoms with Gasteiger partial charge in [-0.25, -0.2) is 19.7 Å². The van der Waals surface area contributed by atoms with Crippen LogP contribution in [0.4, 0.5) is 16.4 Å². The number of likely N-dealkylation sites (tertiary alicyclic amines) is 1. The number of ether oxygens (including phenoxy) is 2. The Kier molecular flexibility index (Phi) is 8.31. The van der Waals surface area contributed by atoms with Crippen LogP contribution in [0.5, 0.6) is 11.6 Å². The van der Waals surface area contributed by atoms with Crippen molar-refractivity contribution < 1.29 is 19.1 Å². The summed E-state index contributed by atoms with van der Waals surface area (Å²) < 4.78 is 12.1. The Morgan fingerprint density at radius 3 is 2.60 bits per heavy atom. The molecule has 1 aliphatic carbocycles. The van der Waals surface area contributed by atoms with E-state index in [-0.39, 0.29) is 24.0 Å². The minimum Gasteiger partial charge on any atom is -0.444 e. The molecule has 10 nitrogen and oxygen atoms in total. The first-order valence-corrected chi connectivity index (χ1v) is 15.6. The fraction of sp³-hybridized carbons (Fsp3) is 0.400. The fourth-order valence-electron chi connectivity index (χ4n) is 5.71. The van der Waals surface area contributed by atoms with Crippen LogP contribution in [-0.2, 0) is 9.53 Å². The van der Waals surface area contributed by atoms with Gasteiger partial charge in [0.05, 0.1) is 11.3 Å². The fourth-order valence-corrected chi connectivity index (χ4v) is 5.71. The van der Waals surface area contributed by atoms with Gasteiger partial charge in [0, 0.05) is 53.9 Å². The van der Waals surface area contributed by atoms with Gasteiger partial charge in [-0.2, -0.15) is 0 Å². The smallest absolute Gasteiger partial charge is 0.410 e. The molecule has 4 aromatic rings. The quantitative estimate of drug-likeness (QED) is 0.226. The van der Waals surface area contributed by atoms with Crippen LogP contribution in [0.25, 0.3) is 22.0 Å². The van der Waals surface area contributed by atoms with Crippen LogP contribution in [0.1, 0.15) is 52.5 Å². The first-order valence-electron chi connectivity index (χ1n) is 15.6. The monoisotopic (exact) mass is 608 g/mol. The number of amides is 2. The summed E-state index contributed by atoms with van der Waals surface area (Å²) in [5.74, 6) is 2.10. The van der Waals surface area contributed by atoms with Crippen LogP contribution in [-0.4, -0.2) is 56.6 Å². The zero-order chi connectivity index (χ0) is 31.7. The van der Waals surface area contributed by atoms with Crippen molar-refractivity contribution in [3.05, 3.63) is 66.5 Å². The molecule has 0 bridgehead atoms. The number of hydrogen-bond acceptors (Lipinski definition) is 8. The van der Waals surface area contributed by atoms with Crippen LogP contribution in [0.15, 0.2) is 60.9 Å². The van der Waals surface area contributed by atoms with Crippen molar-refractivity contribution >= 4 is 34.4 Å². The lowest BCUT2D eigenvalue weighted by Gasteiger charge is -2.34. The van der Waals surface area contributed by atoms with E-state index in [0.717, 1.165) is 41.3 Å². The highest BCUT2D eigenvalue weighted by Gasteiger charge is 2.39. The van der Waals surface area contributed by atoms with E-state index in [1.165, 1.54) is 0 Å². The van der Waals surface area contributed by atoms with Crippen molar-refractivity contribution in [1.29, 1.82) is 0 Å². The summed E-state index contributed by atoms with van der Waals surface area (Å²) in [4.78, 5) is 41.0. The number of benzene rings is 2. The number of aryl methyl sites for hydroxylation is 1. The number of aromatic nitrogens is 3. The summed E-state index contributed by atoms with van der Waals surface area (Å²) in [7, 11) is 0. The van der Waals surface area contributed by atoms with Gasteiger partial charge in [-0.15, -0.1) is 0 Å². The van der Waals surface area contributed by atoms with Gasteiger partial charge in [0.2, 0.25) is 17.7 Å². The lowest BCUT2D eigenvalue weighted by Crippen LogP contribution is -2.47. The average Bonchev–Trinajstić information content (AvgIpc) is 3.75.